The second kappa shape index (κ2) is 4.30. The van der Waals surface area contributed by atoms with Crippen molar-refractivity contribution in [2.24, 2.45) is 5.92 Å². The van der Waals surface area contributed by atoms with Crippen molar-refractivity contribution >= 4 is 5.91 Å². The lowest BCUT2D eigenvalue weighted by molar-refractivity contribution is -0.142. The van der Waals surface area contributed by atoms with Crippen LogP contribution in [0.3, 0.4) is 0 Å². The van der Waals surface area contributed by atoms with Crippen molar-refractivity contribution < 1.29 is 9.53 Å². The van der Waals surface area contributed by atoms with Crippen molar-refractivity contribution in [2.75, 3.05) is 20.2 Å². The normalized spacial score (nSPS) is 28.2. The second-order valence-corrected chi connectivity index (χ2v) is 4.67. The molecule has 14 heavy (non-hydrogen) atoms. The lowest BCUT2D eigenvalue weighted by Crippen LogP contribution is -2.50. The molecule has 0 radical (unpaired) electrons. The zero-order valence-corrected chi connectivity index (χ0v) is 9.67. The minimum atomic E-state index is -0.136. The summed E-state index contributed by atoms with van der Waals surface area (Å²) >= 11 is 0. The number of carbonyl (C=O) groups is 1. The van der Waals surface area contributed by atoms with E-state index in [0.717, 1.165) is 25.9 Å². The van der Waals surface area contributed by atoms with Gasteiger partial charge in [0.25, 0.3) is 0 Å². The monoisotopic (exact) mass is 199 g/mol. The molecule has 3 heteroatoms. The van der Waals surface area contributed by atoms with Gasteiger partial charge in [0.1, 0.15) is 0 Å². The first kappa shape index (κ1) is 11.5. The number of hydrogen-bond donors (Lipinski definition) is 0. The average Bonchev–Trinajstić information content (AvgIpc) is 2.16. The van der Waals surface area contributed by atoms with Gasteiger partial charge in [0.05, 0.1) is 5.60 Å². The van der Waals surface area contributed by atoms with Crippen molar-refractivity contribution in [1.82, 2.24) is 4.90 Å². The first-order valence-corrected chi connectivity index (χ1v) is 5.32. The number of ether oxygens (including phenoxy) is 1. The number of nitrogens with zero attached hydrogens (tertiary/aromatic N) is 1. The van der Waals surface area contributed by atoms with E-state index in [1.165, 1.54) is 0 Å². The zero-order chi connectivity index (χ0) is 10.8. The molecule has 0 saturated carbocycles. The van der Waals surface area contributed by atoms with Gasteiger partial charge in [-0.25, -0.2) is 0 Å². The summed E-state index contributed by atoms with van der Waals surface area (Å²) in [4.78, 5) is 13.7. The SMILES string of the molecule is COC1(C)CCCN(C(=O)C(C)C)C1. The molecule has 0 N–H and O–H groups in total. The van der Waals surface area contributed by atoms with Crippen LogP contribution < -0.4 is 0 Å². The molecule has 1 saturated heterocycles. The third-order valence-corrected chi connectivity index (χ3v) is 2.96. The molecule has 1 unspecified atom stereocenters. The summed E-state index contributed by atoms with van der Waals surface area (Å²) in [6.45, 7) is 7.59. The number of hydrogen-bond acceptors (Lipinski definition) is 2. The summed E-state index contributed by atoms with van der Waals surface area (Å²) in [5.74, 6) is 0.335. The third kappa shape index (κ3) is 2.47. The number of likely N-dealkylation sites (tertiary alicyclic amines) is 1. The van der Waals surface area contributed by atoms with Gasteiger partial charge in [0.2, 0.25) is 5.91 Å². The van der Waals surface area contributed by atoms with E-state index in [1.54, 1.807) is 7.11 Å². The van der Waals surface area contributed by atoms with Gasteiger partial charge in [-0.3, -0.25) is 4.79 Å². The topological polar surface area (TPSA) is 29.5 Å². The summed E-state index contributed by atoms with van der Waals surface area (Å²) in [6.07, 6.45) is 2.09. The molecule has 0 aromatic carbocycles. The molecule has 0 bridgehead atoms. The van der Waals surface area contributed by atoms with Gasteiger partial charge in [0, 0.05) is 26.1 Å². The predicted octanol–water partition coefficient (Wildman–Crippen LogP) is 1.67. The van der Waals surface area contributed by atoms with Crippen LogP contribution in [0, 0.1) is 5.92 Å². The van der Waals surface area contributed by atoms with Crippen molar-refractivity contribution in [3.63, 3.8) is 0 Å². The van der Waals surface area contributed by atoms with E-state index in [4.69, 9.17) is 4.74 Å². The minimum absolute atomic E-state index is 0.0919. The largest absolute Gasteiger partial charge is 0.377 e. The van der Waals surface area contributed by atoms with Crippen molar-refractivity contribution in [3.05, 3.63) is 0 Å². The van der Waals surface area contributed by atoms with Crippen LogP contribution in [0.4, 0.5) is 0 Å². The fourth-order valence-corrected chi connectivity index (χ4v) is 1.93. The summed E-state index contributed by atoms with van der Waals surface area (Å²) in [6, 6.07) is 0. The zero-order valence-electron chi connectivity index (χ0n) is 9.67. The number of amides is 1. The Labute approximate surface area is 86.4 Å². The lowest BCUT2D eigenvalue weighted by atomic mass is 9.94. The summed E-state index contributed by atoms with van der Waals surface area (Å²) in [5, 5.41) is 0. The van der Waals surface area contributed by atoms with E-state index in [1.807, 2.05) is 18.7 Å². The average molecular weight is 199 g/mol. The highest BCUT2D eigenvalue weighted by Crippen LogP contribution is 2.24. The third-order valence-electron chi connectivity index (χ3n) is 2.96. The number of rotatable bonds is 2. The maximum Gasteiger partial charge on any atom is 0.225 e. The van der Waals surface area contributed by atoms with Gasteiger partial charge < -0.3 is 9.64 Å². The van der Waals surface area contributed by atoms with Crippen molar-refractivity contribution in [3.8, 4) is 0 Å². The molecule has 82 valence electrons. The lowest BCUT2D eigenvalue weighted by Gasteiger charge is -2.40. The van der Waals surface area contributed by atoms with Gasteiger partial charge in [-0.05, 0) is 19.8 Å². The Hall–Kier alpha value is -0.570. The fourth-order valence-electron chi connectivity index (χ4n) is 1.93. The van der Waals surface area contributed by atoms with Crippen molar-refractivity contribution in [1.29, 1.82) is 0 Å². The molecule has 1 fully saturated rings. The number of carbonyl (C=O) groups excluding carboxylic acids is 1. The van der Waals surface area contributed by atoms with Gasteiger partial charge in [-0.1, -0.05) is 13.8 Å². The van der Waals surface area contributed by atoms with Gasteiger partial charge in [-0.15, -0.1) is 0 Å². The van der Waals surface area contributed by atoms with Gasteiger partial charge >= 0.3 is 0 Å². The molecule has 1 atom stereocenters. The first-order valence-electron chi connectivity index (χ1n) is 5.32. The van der Waals surface area contributed by atoms with Crippen LogP contribution in [0.15, 0.2) is 0 Å². The van der Waals surface area contributed by atoms with Gasteiger partial charge in [-0.2, -0.15) is 0 Å². The Balaban J connectivity index is 2.60. The molecule has 3 nitrogen and oxygen atoms in total. The Morgan fingerprint density at radius 2 is 2.14 bits per heavy atom. The van der Waals surface area contributed by atoms with Crippen LogP contribution in [0.5, 0.6) is 0 Å². The minimum Gasteiger partial charge on any atom is -0.377 e. The van der Waals surface area contributed by atoms with E-state index < -0.39 is 0 Å². The van der Waals surface area contributed by atoms with E-state index >= 15 is 0 Å². The number of piperidine rings is 1. The molecule has 0 spiro atoms. The van der Waals surface area contributed by atoms with E-state index in [2.05, 4.69) is 6.92 Å². The standard InChI is InChI=1S/C11H21NO2/c1-9(2)10(13)12-7-5-6-11(3,8-12)14-4/h9H,5-8H2,1-4H3. The highest BCUT2D eigenvalue weighted by atomic mass is 16.5. The fraction of sp³-hybridized carbons (Fsp3) is 0.909. The molecule has 1 aliphatic heterocycles. The Morgan fingerprint density at radius 1 is 1.50 bits per heavy atom. The van der Waals surface area contributed by atoms with Crippen LogP contribution in [-0.4, -0.2) is 36.6 Å². The van der Waals surface area contributed by atoms with Crippen LogP contribution in [0.1, 0.15) is 33.6 Å². The molecule has 1 amide bonds. The Bertz CT molecular complexity index is 215. The summed E-state index contributed by atoms with van der Waals surface area (Å²) in [7, 11) is 1.73. The molecule has 0 aliphatic carbocycles. The molecule has 1 aliphatic rings. The van der Waals surface area contributed by atoms with E-state index in [9.17, 15) is 4.79 Å². The van der Waals surface area contributed by atoms with Crippen LogP contribution in [0.25, 0.3) is 0 Å². The van der Waals surface area contributed by atoms with Crippen molar-refractivity contribution in [2.45, 2.75) is 39.2 Å². The maximum absolute atomic E-state index is 11.8. The molecular formula is C11H21NO2. The summed E-state index contributed by atoms with van der Waals surface area (Å²) < 4.78 is 5.44. The molecular weight excluding hydrogens is 178 g/mol. The highest BCUT2D eigenvalue weighted by molar-refractivity contribution is 5.78. The highest BCUT2D eigenvalue weighted by Gasteiger charge is 2.33. The van der Waals surface area contributed by atoms with E-state index in [0.29, 0.717) is 0 Å². The Kier molecular flexibility index (Phi) is 3.53. The van der Waals surface area contributed by atoms with Crippen LogP contribution >= 0.6 is 0 Å². The smallest absolute Gasteiger partial charge is 0.225 e. The summed E-state index contributed by atoms with van der Waals surface area (Å²) in [5.41, 5.74) is -0.136. The molecule has 1 rings (SSSR count). The predicted molar refractivity (Wildman–Crippen MR) is 56.1 cm³/mol. The van der Waals surface area contributed by atoms with E-state index in [-0.39, 0.29) is 17.4 Å². The molecule has 0 aromatic heterocycles. The maximum atomic E-state index is 11.8. The first-order chi connectivity index (χ1) is 6.48. The number of methoxy groups -OCH3 is 1. The quantitative estimate of drug-likeness (QED) is 0.677. The Morgan fingerprint density at radius 3 is 2.64 bits per heavy atom. The second-order valence-electron chi connectivity index (χ2n) is 4.67. The molecule has 0 aromatic rings. The van der Waals surface area contributed by atoms with Crippen LogP contribution in [-0.2, 0) is 9.53 Å². The molecule has 1 heterocycles. The van der Waals surface area contributed by atoms with Crippen LogP contribution in [0.2, 0.25) is 0 Å². The van der Waals surface area contributed by atoms with Gasteiger partial charge in [0.15, 0.2) is 0 Å².